The van der Waals surface area contributed by atoms with E-state index in [2.05, 4.69) is 34.2 Å². The molecule has 2 aromatic heterocycles. The van der Waals surface area contributed by atoms with Crippen molar-refractivity contribution in [1.82, 2.24) is 19.7 Å². The lowest BCUT2D eigenvalue weighted by atomic mass is 10.2. The number of hydrogen-bond donors (Lipinski definition) is 1. The van der Waals surface area contributed by atoms with Crippen molar-refractivity contribution in [2.45, 2.75) is 40.2 Å². The molecule has 0 saturated heterocycles. The Bertz CT molecular complexity index is 838. The first-order valence-electron chi connectivity index (χ1n) is 7.76. The number of rotatable bonds is 4. The number of aryl methyl sites for hydroxylation is 2. The standard InChI is InChI=1S/C17H20FN5/c1-5-10(2)19-16-15-11(3)22-23(17(15)21-12(4)20-16)14-8-6-13(18)7-9-14/h6-10H,5H2,1-4H3,(H,19,20,21). The summed E-state index contributed by atoms with van der Waals surface area (Å²) in [5.74, 6) is 1.20. The number of nitrogens with one attached hydrogen (secondary N) is 1. The maximum Gasteiger partial charge on any atom is 0.168 e. The molecular weight excluding hydrogens is 293 g/mol. The van der Waals surface area contributed by atoms with Crippen LogP contribution in [0.4, 0.5) is 10.2 Å². The van der Waals surface area contributed by atoms with Crippen LogP contribution in [0.1, 0.15) is 31.8 Å². The average molecular weight is 313 g/mol. The second kappa shape index (κ2) is 5.95. The van der Waals surface area contributed by atoms with Gasteiger partial charge in [-0.2, -0.15) is 5.10 Å². The van der Waals surface area contributed by atoms with Gasteiger partial charge in [0.25, 0.3) is 0 Å². The molecule has 0 saturated carbocycles. The highest BCUT2D eigenvalue weighted by Gasteiger charge is 2.17. The van der Waals surface area contributed by atoms with Crippen molar-refractivity contribution in [3.05, 3.63) is 41.6 Å². The lowest BCUT2D eigenvalue weighted by Gasteiger charge is -2.13. The minimum Gasteiger partial charge on any atom is -0.367 e. The minimum absolute atomic E-state index is 0.271. The molecule has 1 aromatic carbocycles. The highest BCUT2D eigenvalue weighted by atomic mass is 19.1. The van der Waals surface area contributed by atoms with E-state index in [0.717, 1.165) is 34.7 Å². The monoisotopic (exact) mass is 313 g/mol. The van der Waals surface area contributed by atoms with E-state index in [1.807, 2.05) is 13.8 Å². The second-order valence-electron chi connectivity index (χ2n) is 5.75. The molecule has 0 fully saturated rings. The van der Waals surface area contributed by atoms with Crippen LogP contribution in [0.2, 0.25) is 0 Å². The van der Waals surface area contributed by atoms with Gasteiger partial charge in [0.15, 0.2) is 5.65 Å². The molecule has 23 heavy (non-hydrogen) atoms. The van der Waals surface area contributed by atoms with Crippen LogP contribution in [-0.2, 0) is 0 Å². The van der Waals surface area contributed by atoms with Crippen LogP contribution in [-0.4, -0.2) is 25.8 Å². The SMILES string of the molecule is CCC(C)Nc1nc(C)nc2c1c(C)nn2-c1ccc(F)cc1. The molecule has 0 aliphatic heterocycles. The first-order valence-corrected chi connectivity index (χ1v) is 7.76. The van der Waals surface area contributed by atoms with Crippen molar-refractivity contribution in [2.24, 2.45) is 0 Å². The number of halogens is 1. The molecule has 2 heterocycles. The Morgan fingerprint density at radius 2 is 1.87 bits per heavy atom. The summed E-state index contributed by atoms with van der Waals surface area (Å²) in [5.41, 5.74) is 2.35. The molecule has 0 radical (unpaired) electrons. The molecule has 1 unspecified atom stereocenters. The predicted octanol–water partition coefficient (Wildman–Crippen LogP) is 3.78. The molecule has 0 amide bonds. The van der Waals surface area contributed by atoms with Crippen molar-refractivity contribution in [3.63, 3.8) is 0 Å². The minimum atomic E-state index is -0.271. The molecule has 6 heteroatoms. The third-order valence-corrected chi connectivity index (χ3v) is 3.88. The van der Waals surface area contributed by atoms with E-state index >= 15 is 0 Å². The van der Waals surface area contributed by atoms with Gasteiger partial charge in [-0.15, -0.1) is 0 Å². The van der Waals surface area contributed by atoms with Crippen LogP contribution in [0.3, 0.4) is 0 Å². The van der Waals surface area contributed by atoms with E-state index < -0.39 is 0 Å². The summed E-state index contributed by atoms with van der Waals surface area (Å²) < 4.78 is 14.9. The number of fused-ring (bicyclic) bond motifs is 1. The number of hydrogen-bond acceptors (Lipinski definition) is 4. The molecule has 120 valence electrons. The number of anilines is 1. The maximum atomic E-state index is 13.2. The van der Waals surface area contributed by atoms with Gasteiger partial charge in [-0.3, -0.25) is 0 Å². The molecular formula is C17H20FN5. The molecule has 1 atom stereocenters. The Hall–Kier alpha value is -2.50. The fraction of sp³-hybridized carbons (Fsp3) is 0.353. The third kappa shape index (κ3) is 2.88. The van der Waals surface area contributed by atoms with E-state index in [0.29, 0.717) is 11.9 Å². The number of nitrogens with zero attached hydrogens (tertiary/aromatic N) is 4. The van der Waals surface area contributed by atoms with Crippen molar-refractivity contribution in [3.8, 4) is 5.69 Å². The zero-order valence-corrected chi connectivity index (χ0v) is 13.8. The molecule has 0 spiro atoms. The van der Waals surface area contributed by atoms with E-state index in [4.69, 9.17) is 0 Å². The first-order chi connectivity index (χ1) is 11.0. The summed E-state index contributed by atoms with van der Waals surface area (Å²) in [4.78, 5) is 9.08. The van der Waals surface area contributed by atoms with E-state index in [9.17, 15) is 4.39 Å². The predicted molar refractivity (Wildman–Crippen MR) is 89.5 cm³/mol. The van der Waals surface area contributed by atoms with Crippen molar-refractivity contribution < 1.29 is 4.39 Å². The van der Waals surface area contributed by atoms with Crippen LogP contribution >= 0.6 is 0 Å². The molecule has 3 aromatic rings. The zero-order chi connectivity index (χ0) is 16.6. The largest absolute Gasteiger partial charge is 0.367 e. The molecule has 1 N–H and O–H groups in total. The Morgan fingerprint density at radius 3 is 2.52 bits per heavy atom. The Morgan fingerprint density at radius 1 is 1.17 bits per heavy atom. The van der Waals surface area contributed by atoms with Crippen molar-refractivity contribution in [1.29, 1.82) is 0 Å². The van der Waals surface area contributed by atoms with Crippen molar-refractivity contribution >= 4 is 16.9 Å². The van der Waals surface area contributed by atoms with Gasteiger partial charge in [0.05, 0.1) is 16.8 Å². The van der Waals surface area contributed by atoms with Gasteiger partial charge in [0.2, 0.25) is 0 Å². The summed E-state index contributed by atoms with van der Waals surface area (Å²) in [7, 11) is 0. The van der Waals surface area contributed by atoms with Gasteiger partial charge in [-0.1, -0.05) is 6.92 Å². The van der Waals surface area contributed by atoms with Gasteiger partial charge in [0, 0.05) is 6.04 Å². The van der Waals surface area contributed by atoms with Gasteiger partial charge >= 0.3 is 0 Å². The van der Waals surface area contributed by atoms with Crippen LogP contribution in [0.25, 0.3) is 16.7 Å². The lowest BCUT2D eigenvalue weighted by Crippen LogP contribution is -2.15. The van der Waals surface area contributed by atoms with E-state index in [1.165, 1.54) is 12.1 Å². The lowest BCUT2D eigenvalue weighted by molar-refractivity contribution is 0.627. The zero-order valence-electron chi connectivity index (χ0n) is 13.8. The summed E-state index contributed by atoms with van der Waals surface area (Å²) in [6.07, 6.45) is 0.996. The van der Waals surface area contributed by atoms with E-state index in [1.54, 1.807) is 16.8 Å². The fourth-order valence-corrected chi connectivity index (χ4v) is 2.49. The number of benzene rings is 1. The van der Waals surface area contributed by atoms with Gasteiger partial charge in [-0.05, 0) is 51.5 Å². The number of aromatic nitrogens is 4. The van der Waals surface area contributed by atoms with Crippen LogP contribution in [0, 0.1) is 19.7 Å². The van der Waals surface area contributed by atoms with Gasteiger partial charge in [0.1, 0.15) is 17.5 Å². The molecule has 0 aliphatic rings. The quantitative estimate of drug-likeness (QED) is 0.796. The summed E-state index contributed by atoms with van der Waals surface area (Å²) in [6, 6.07) is 6.54. The van der Waals surface area contributed by atoms with Gasteiger partial charge < -0.3 is 5.32 Å². The molecule has 0 aliphatic carbocycles. The smallest absolute Gasteiger partial charge is 0.168 e. The average Bonchev–Trinajstić information content (AvgIpc) is 2.84. The van der Waals surface area contributed by atoms with Crippen molar-refractivity contribution in [2.75, 3.05) is 5.32 Å². The Balaban J connectivity index is 2.20. The van der Waals surface area contributed by atoms with Crippen LogP contribution in [0.15, 0.2) is 24.3 Å². The van der Waals surface area contributed by atoms with Crippen LogP contribution in [0.5, 0.6) is 0 Å². The summed E-state index contributed by atoms with van der Waals surface area (Å²) in [5, 5.41) is 8.90. The van der Waals surface area contributed by atoms with Gasteiger partial charge in [-0.25, -0.2) is 19.0 Å². The summed E-state index contributed by atoms with van der Waals surface area (Å²) in [6.45, 7) is 8.03. The van der Waals surface area contributed by atoms with Crippen LogP contribution < -0.4 is 5.32 Å². The highest BCUT2D eigenvalue weighted by Crippen LogP contribution is 2.27. The normalized spacial score (nSPS) is 12.6. The molecule has 0 bridgehead atoms. The summed E-state index contributed by atoms with van der Waals surface area (Å²) >= 11 is 0. The van der Waals surface area contributed by atoms with E-state index in [-0.39, 0.29) is 5.82 Å². The fourth-order valence-electron chi connectivity index (χ4n) is 2.49. The molecule has 3 rings (SSSR count). The Labute approximate surface area is 134 Å². The third-order valence-electron chi connectivity index (χ3n) is 3.88. The topological polar surface area (TPSA) is 55.6 Å². The molecule has 5 nitrogen and oxygen atoms in total. The highest BCUT2D eigenvalue weighted by molar-refractivity contribution is 5.90. The second-order valence-corrected chi connectivity index (χ2v) is 5.75. The Kier molecular flexibility index (Phi) is 3.98. The maximum absolute atomic E-state index is 13.2. The first kappa shape index (κ1) is 15.4.